The first-order chi connectivity index (χ1) is 12.8. The molecule has 0 saturated carbocycles. The van der Waals surface area contributed by atoms with Crippen molar-refractivity contribution in [1.82, 2.24) is 5.32 Å². The second kappa shape index (κ2) is 8.09. The van der Waals surface area contributed by atoms with Crippen molar-refractivity contribution in [2.24, 2.45) is 0 Å². The van der Waals surface area contributed by atoms with Crippen molar-refractivity contribution in [3.05, 3.63) is 63.6 Å². The molecule has 5 nitrogen and oxygen atoms in total. The van der Waals surface area contributed by atoms with E-state index < -0.39 is 15.9 Å². The summed E-state index contributed by atoms with van der Waals surface area (Å²) in [6.07, 6.45) is 3.81. The molecule has 1 aliphatic carbocycles. The van der Waals surface area contributed by atoms with Crippen molar-refractivity contribution in [2.45, 2.75) is 25.3 Å². The van der Waals surface area contributed by atoms with E-state index >= 15 is 0 Å². The molecule has 0 bridgehead atoms. The first kappa shape index (κ1) is 20.0. The minimum absolute atomic E-state index is 0.0976. The van der Waals surface area contributed by atoms with E-state index in [9.17, 15) is 13.2 Å². The molecule has 2 aromatic carbocycles. The van der Waals surface area contributed by atoms with Gasteiger partial charge in [0, 0.05) is 0 Å². The predicted molar refractivity (Wildman–Crippen MR) is 109 cm³/mol. The predicted octanol–water partition coefficient (Wildman–Crippen LogP) is 3.95. The van der Waals surface area contributed by atoms with Crippen molar-refractivity contribution in [3.8, 4) is 0 Å². The molecule has 0 spiro atoms. The maximum absolute atomic E-state index is 12.7. The van der Waals surface area contributed by atoms with Crippen LogP contribution in [0.15, 0.2) is 42.5 Å². The Labute approximate surface area is 169 Å². The lowest BCUT2D eigenvalue weighted by atomic mass is 9.88. The molecule has 0 radical (unpaired) electrons. The number of hydrogen-bond acceptors (Lipinski definition) is 3. The highest BCUT2D eigenvalue weighted by molar-refractivity contribution is 7.92. The van der Waals surface area contributed by atoms with Crippen molar-refractivity contribution < 1.29 is 13.2 Å². The maximum atomic E-state index is 12.7. The molecule has 1 aliphatic rings. The summed E-state index contributed by atoms with van der Waals surface area (Å²) in [6, 6.07) is 12.5. The van der Waals surface area contributed by atoms with Gasteiger partial charge in [-0.05, 0) is 42.5 Å². The van der Waals surface area contributed by atoms with Crippen LogP contribution in [-0.4, -0.2) is 27.1 Å². The fourth-order valence-corrected chi connectivity index (χ4v) is 4.65. The first-order valence-electron chi connectivity index (χ1n) is 8.56. The number of carbonyl (C=O) groups is 1. The summed E-state index contributed by atoms with van der Waals surface area (Å²) >= 11 is 12.2. The van der Waals surface area contributed by atoms with Crippen LogP contribution in [-0.2, 0) is 21.2 Å². The van der Waals surface area contributed by atoms with Crippen molar-refractivity contribution in [2.75, 3.05) is 17.1 Å². The number of aryl methyl sites for hydroxylation is 1. The second-order valence-electron chi connectivity index (χ2n) is 6.55. The number of sulfonamides is 1. The van der Waals surface area contributed by atoms with Crippen molar-refractivity contribution in [3.63, 3.8) is 0 Å². The highest BCUT2D eigenvalue weighted by Gasteiger charge is 2.26. The third-order valence-electron chi connectivity index (χ3n) is 4.59. The van der Waals surface area contributed by atoms with E-state index in [0.29, 0.717) is 0 Å². The summed E-state index contributed by atoms with van der Waals surface area (Å²) in [5, 5.41) is 3.28. The molecule has 1 atom stereocenters. The van der Waals surface area contributed by atoms with Crippen LogP contribution >= 0.6 is 23.2 Å². The summed E-state index contributed by atoms with van der Waals surface area (Å²) in [5.41, 5.74) is 2.49. The van der Waals surface area contributed by atoms with E-state index in [1.165, 1.54) is 11.6 Å². The van der Waals surface area contributed by atoms with Gasteiger partial charge in [0.05, 0.1) is 28.0 Å². The van der Waals surface area contributed by atoms with Gasteiger partial charge in [-0.25, -0.2) is 8.42 Å². The van der Waals surface area contributed by atoms with Gasteiger partial charge in [0.25, 0.3) is 0 Å². The van der Waals surface area contributed by atoms with Gasteiger partial charge in [-0.1, -0.05) is 53.5 Å². The van der Waals surface area contributed by atoms with E-state index in [1.54, 1.807) is 12.1 Å². The Morgan fingerprint density at radius 1 is 1.19 bits per heavy atom. The van der Waals surface area contributed by atoms with Gasteiger partial charge < -0.3 is 5.32 Å². The summed E-state index contributed by atoms with van der Waals surface area (Å²) in [5.74, 6) is -0.391. The fourth-order valence-electron chi connectivity index (χ4n) is 3.34. The first-order valence-corrected chi connectivity index (χ1v) is 11.2. The van der Waals surface area contributed by atoms with Gasteiger partial charge in [-0.15, -0.1) is 0 Å². The monoisotopic (exact) mass is 426 g/mol. The fraction of sp³-hybridized carbons (Fsp3) is 0.316. The lowest BCUT2D eigenvalue weighted by Gasteiger charge is -2.28. The summed E-state index contributed by atoms with van der Waals surface area (Å²) in [4.78, 5) is 12.7. The average Bonchev–Trinajstić information content (AvgIpc) is 2.62. The smallest absolute Gasteiger partial charge is 0.241 e. The van der Waals surface area contributed by atoms with Crippen LogP contribution in [0, 0.1) is 0 Å². The number of halogens is 2. The van der Waals surface area contributed by atoms with Crippen molar-refractivity contribution >= 4 is 44.8 Å². The van der Waals surface area contributed by atoms with Crippen LogP contribution in [0.3, 0.4) is 0 Å². The quantitative estimate of drug-likeness (QED) is 0.786. The molecule has 1 amide bonds. The Bertz CT molecular complexity index is 963. The molecular formula is C19H20Cl2N2O3S. The SMILES string of the molecule is CS(=O)(=O)N(CC(=O)N[C@@H]1CCCc2ccccc21)c1cccc(Cl)c1Cl. The van der Waals surface area contributed by atoms with Crippen LogP contribution in [0.5, 0.6) is 0 Å². The van der Waals surface area contributed by atoms with Crippen molar-refractivity contribution in [1.29, 1.82) is 0 Å². The molecular weight excluding hydrogens is 407 g/mol. The maximum Gasteiger partial charge on any atom is 0.241 e. The van der Waals surface area contributed by atoms with Gasteiger partial charge in [-0.3, -0.25) is 9.10 Å². The number of fused-ring (bicyclic) bond motifs is 1. The minimum Gasteiger partial charge on any atom is -0.348 e. The number of nitrogens with one attached hydrogen (secondary N) is 1. The summed E-state index contributed by atoms with van der Waals surface area (Å²) < 4.78 is 25.5. The standard InChI is InChI=1S/C19H20Cl2N2O3S/c1-27(25,26)23(17-11-5-9-15(20)19(17)21)12-18(24)22-16-10-4-7-13-6-2-3-8-14(13)16/h2-3,5-6,8-9,11,16H,4,7,10,12H2,1H3,(H,22,24)/t16-/m1/s1. The molecule has 0 heterocycles. The third kappa shape index (κ3) is 4.57. The molecule has 2 aromatic rings. The van der Waals surface area contributed by atoms with E-state index in [0.717, 1.165) is 35.4 Å². The number of nitrogens with zero attached hydrogens (tertiary/aromatic N) is 1. The van der Waals surface area contributed by atoms with Crippen LogP contribution in [0.2, 0.25) is 10.0 Å². The number of anilines is 1. The minimum atomic E-state index is -3.72. The highest BCUT2D eigenvalue weighted by atomic mass is 35.5. The van der Waals surface area contributed by atoms with E-state index in [2.05, 4.69) is 11.4 Å². The molecule has 0 saturated heterocycles. The normalized spacial score (nSPS) is 16.5. The lowest BCUT2D eigenvalue weighted by molar-refractivity contribution is -0.120. The van der Waals surface area contributed by atoms with Gasteiger partial charge in [0.1, 0.15) is 6.54 Å². The Morgan fingerprint density at radius 3 is 2.67 bits per heavy atom. The largest absolute Gasteiger partial charge is 0.348 e. The number of benzene rings is 2. The Kier molecular flexibility index (Phi) is 5.99. The molecule has 3 rings (SSSR count). The van der Waals surface area contributed by atoms with Gasteiger partial charge in [0.15, 0.2) is 0 Å². The van der Waals surface area contributed by atoms with Crippen LogP contribution < -0.4 is 9.62 Å². The summed E-state index contributed by atoms with van der Waals surface area (Å²) in [7, 11) is -3.72. The number of hydrogen-bond donors (Lipinski definition) is 1. The molecule has 0 fully saturated rings. The van der Waals surface area contributed by atoms with Gasteiger partial charge >= 0.3 is 0 Å². The molecule has 144 valence electrons. The zero-order valence-electron chi connectivity index (χ0n) is 14.8. The van der Waals surface area contributed by atoms with Crippen LogP contribution in [0.4, 0.5) is 5.69 Å². The zero-order valence-corrected chi connectivity index (χ0v) is 17.1. The Hall–Kier alpha value is -1.76. The zero-order chi connectivity index (χ0) is 19.6. The average molecular weight is 427 g/mol. The lowest BCUT2D eigenvalue weighted by Crippen LogP contribution is -2.42. The second-order valence-corrected chi connectivity index (χ2v) is 9.25. The topological polar surface area (TPSA) is 66.5 Å². The van der Waals surface area contributed by atoms with Gasteiger partial charge in [-0.2, -0.15) is 0 Å². The van der Waals surface area contributed by atoms with Crippen LogP contribution in [0.1, 0.15) is 30.0 Å². The molecule has 1 N–H and O–H groups in total. The highest BCUT2D eigenvalue weighted by Crippen LogP contribution is 2.34. The molecule has 8 heteroatoms. The third-order valence-corrected chi connectivity index (χ3v) is 6.53. The molecule has 0 unspecified atom stereocenters. The van der Waals surface area contributed by atoms with E-state index in [-0.39, 0.29) is 28.3 Å². The number of rotatable bonds is 5. The Balaban J connectivity index is 1.82. The Morgan fingerprint density at radius 2 is 1.93 bits per heavy atom. The van der Waals surface area contributed by atoms with Crippen LogP contribution in [0.25, 0.3) is 0 Å². The molecule has 27 heavy (non-hydrogen) atoms. The summed E-state index contributed by atoms with van der Waals surface area (Å²) in [6.45, 7) is -0.364. The van der Waals surface area contributed by atoms with Gasteiger partial charge in [0.2, 0.25) is 15.9 Å². The molecule has 0 aliphatic heterocycles. The number of carbonyl (C=O) groups excluding carboxylic acids is 1. The number of amides is 1. The molecule has 0 aromatic heterocycles. The van der Waals surface area contributed by atoms with E-state index in [4.69, 9.17) is 23.2 Å². The van der Waals surface area contributed by atoms with E-state index in [1.807, 2.05) is 18.2 Å².